The Morgan fingerprint density at radius 2 is 2.00 bits per heavy atom. The van der Waals surface area contributed by atoms with Crippen LogP contribution in [0.2, 0.25) is 0 Å². The van der Waals surface area contributed by atoms with Crippen LogP contribution >= 0.6 is 11.3 Å². The maximum absolute atomic E-state index is 12.4. The quantitative estimate of drug-likeness (QED) is 0.344. The zero-order valence-corrected chi connectivity index (χ0v) is 18.4. The molecule has 172 valence electrons. The number of hydrogen-bond acceptors (Lipinski definition) is 11. The van der Waals surface area contributed by atoms with Crippen LogP contribution in [-0.2, 0) is 14.3 Å². The fourth-order valence-electron chi connectivity index (χ4n) is 3.25. The minimum absolute atomic E-state index is 0.00140. The third-order valence-electron chi connectivity index (χ3n) is 5.65. The smallest absolute Gasteiger partial charge is 0.323 e. The van der Waals surface area contributed by atoms with E-state index in [0.29, 0.717) is 11.3 Å². The van der Waals surface area contributed by atoms with Crippen LogP contribution in [0.15, 0.2) is 9.59 Å². The van der Waals surface area contributed by atoms with E-state index in [9.17, 15) is 24.6 Å². The molecule has 0 saturated carbocycles. The van der Waals surface area contributed by atoms with E-state index in [1.807, 2.05) is 27.7 Å². The number of ether oxygens (including phenoxy) is 2. The molecule has 1 fully saturated rings. The number of H-pyrrole nitrogens is 1. The average molecular weight is 458 g/mol. The molecular weight excluding hydrogens is 430 g/mol. The van der Waals surface area contributed by atoms with E-state index in [2.05, 4.69) is 9.97 Å². The van der Waals surface area contributed by atoms with E-state index in [-0.39, 0.29) is 34.2 Å². The number of nitrogens with one attached hydrogen (secondary N) is 1. The number of carbonyl (C=O) groups excluding carboxylic acids is 1. The number of nitrogen functional groups attached to an aromatic ring is 1. The highest BCUT2D eigenvalue weighted by atomic mass is 32.1. The zero-order valence-electron chi connectivity index (χ0n) is 17.6. The number of esters is 1. The van der Waals surface area contributed by atoms with Gasteiger partial charge in [0.15, 0.2) is 11.9 Å². The van der Waals surface area contributed by atoms with Crippen LogP contribution in [0.3, 0.4) is 0 Å². The third kappa shape index (κ3) is 4.36. The van der Waals surface area contributed by atoms with Crippen LogP contribution in [0.4, 0.5) is 5.95 Å². The number of aromatic amines is 1. The molecule has 1 unspecified atom stereocenters. The number of rotatable bonds is 5. The lowest BCUT2D eigenvalue weighted by atomic mass is 9.78. The molecule has 0 amide bonds. The van der Waals surface area contributed by atoms with Crippen LogP contribution in [0.1, 0.15) is 33.9 Å². The topological polar surface area (TPSA) is 196 Å². The monoisotopic (exact) mass is 457 g/mol. The fourth-order valence-corrected chi connectivity index (χ4v) is 4.10. The molecule has 0 aliphatic carbocycles. The highest BCUT2D eigenvalue weighted by molar-refractivity contribution is 7.16. The van der Waals surface area contributed by atoms with Crippen molar-refractivity contribution < 1.29 is 24.5 Å². The number of nitrogens with two attached hydrogens (primary N) is 2. The van der Waals surface area contributed by atoms with Gasteiger partial charge in [-0.05, 0) is 11.3 Å². The van der Waals surface area contributed by atoms with Crippen molar-refractivity contribution in [2.24, 2.45) is 17.1 Å². The Balaban J connectivity index is 1.78. The second-order valence-electron chi connectivity index (χ2n) is 8.70. The van der Waals surface area contributed by atoms with Crippen molar-refractivity contribution in [3.63, 3.8) is 0 Å². The number of anilines is 1. The van der Waals surface area contributed by atoms with E-state index >= 15 is 0 Å². The van der Waals surface area contributed by atoms with Gasteiger partial charge in [0, 0.05) is 0 Å². The number of fused-ring (bicyclic) bond motifs is 1. The molecule has 0 spiro atoms. The molecule has 0 bridgehead atoms. The molecule has 3 rings (SSSR count). The minimum atomic E-state index is -1.54. The van der Waals surface area contributed by atoms with E-state index in [4.69, 9.17) is 20.9 Å². The van der Waals surface area contributed by atoms with Crippen molar-refractivity contribution in [3.05, 3.63) is 20.0 Å². The molecule has 1 saturated heterocycles. The van der Waals surface area contributed by atoms with Gasteiger partial charge in [0.1, 0.15) is 35.7 Å². The van der Waals surface area contributed by atoms with Crippen LogP contribution in [0, 0.1) is 11.3 Å². The van der Waals surface area contributed by atoms with Crippen LogP contribution in [0.5, 0.6) is 0 Å². The third-order valence-corrected chi connectivity index (χ3v) is 6.59. The van der Waals surface area contributed by atoms with Crippen molar-refractivity contribution in [2.45, 2.75) is 58.3 Å². The molecule has 7 N–H and O–H groups in total. The molecule has 31 heavy (non-hydrogen) atoms. The van der Waals surface area contributed by atoms with E-state index in [1.54, 1.807) is 0 Å². The molecule has 2 aromatic heterocycles. The molecule has 13 heteroatoms. The van der Waals surface area contributed by atoms with Gasteiger partial charge in [-0.2, -0.15) is 4.98 Å². The molecular formula is C18H27N5O7S. The summed E-state index contributed by atoms with van der Waals surface area (Å²) in [5.74, 6) is -1.07. The first kappa shape index (κ1) is 23.3. The van der Waals surface area contributed by atoms with Gasteiger partial charge in [0.25, 0.3) is 5.56 Å². The van der Waals surface area contributed by atoms with Crippen LogP contribution in [-0.4, -0.2) is 61.7 Å². The second-order valence-corrected chi connectivity index (χ2v) is 9.66. The lowest BCUT2D eigenvalue weighted by molar-refractivity contribution is -0.153. The lowest BCUT2D eigenvalue weighted by Gasteiger charge is -2.31. The Morgan fingerprint density at radius 3 is 2.61 bits per heavy atom. The van der Waals surface area contributed by atoms with E-state index in [1.165, 1.54) is 0 Å². The fraction of sp³-hybridized carbons (Fsp3) is 0.667. The van der Waals surface area contributed by atoms with Gasteiger partial charge in [-0.25, -0.2) is 0 Å². The molecule has 12 nitrogen and oxygen atoms in total. The maximum atomic E-state index is 12.4. The Bertz CT molecular complexity index is 1090. The van der Waals surface area contributed by atoms with E-state index < -0.39 is 47.0 Å². The predicted octanol–water partition coefficient (Wildman–Crippen LogP) is -1.10. The summed E-state index contributed by atoms with van der Waals surface area (Å²) in [6.45, 7) is 7.30. The molecule has 0 radical (unpaired) electrons. The molecule has 1 aliphatic rings. The molecule has 6 atom stereocenters. The summed E-state index contributed by atoms with van der Waals surface area (Å²) in [4.78, 5) is 42.4. The number of thiazole rings is 1. The number of aliphatic hydroxyl groups is 2. The first-order valence-electron chi connectivity index (χ1n) is 9.67. The Hall–Kier alpha value is -2.32. The van der Waals surface area contributed by atoms with Crippen molar-refractivity contribution in [3.8, 4) is 0 Å². The summed E-state index contributed by atoms with van der Waals surface area (Å²) in [7, 11) is 0. The highest BCUT2D eigenvalue weighted by Crippen LogP contribution is 2.32. The Morgan fingerprint density at radius 1 is 1.35 bits per heavy atom. The predicted molar refractivity (Wildman–Crippen MR) is 112 cm³/mol. The summed E-state index contributed by atoms with van der Waals surface area (Å²) in [6, 6.07) is -0.887. The van der Waals surface area contributed by atoms with Gasteiger partial charge in [-0.1, -0.05) is 39.0 Å². The number of nitrogens with zero attached hydrogens (tertiary/aromatic N) is 2. The average Bonchev–Trinajstić information content (AvgIpc) is 3.14. The summed E-state index contributed by atoms with van der Waals surface area (Å²) < 4.78 is 11.8. The van der Waals surface area contributed by atoms with Gasteiger partial charge in [0.05, 0.1) is 0 Å². The standard InChI is InChI=1S/C18H27N5O7S/c1-6(18(2,3)4)8(19)15(27)29-5-7-9(24)10(25)14(30-7)23-12-11(31-17(23)28)13(26)22-16(20)21-12/h6-10,14,24-25H,5,19H2,1-4H3,(H3,20,21,22,26)/t6?,7-,8+,9-,10-,14-/m1/s1. The normalized spacial score (nSPS) is 26.2. The van der Waals surface area contributed by atoms with Crippen molar-refractivity contribution >= 4 is 33.6 Å². The summed E-state index contributed by atoms with van der Waals surface area (Å²) >= 11 is 0.604. The van der Waals surface area contributed by atoms with Crippen molar-refractivity contribution in [2.75, 3.05) is 12.3 Å². The van der Waals surface area contributed by atoms with Gasteiger partial charge in [-0.3, -0.25) is 23.9 Å². The van der Waals surface area contributed by atoms with Gasteiger partial charge >= 0.3 is 10.8 Å². The number of aliphatic hydroxyl groups excluding tert-OH is 2. The second kappa shape index (κ2) is 8.31. The van der Waals surface area contributed by atoms with E-state index in [0.717, 1.165) is 4.57 Å². The van der Waals surface area contributed by atoms with Crippen molar-refractivity contribution in [1.82, 2.24) is 14.5 Å². The van der Waals surface area contributed by atoms with Crippen LogP contribution < -0.4 is 21.9 Å². The summed E-state index contributed by atoms with van der Waals surface area (Å²) in [6.07, 6.45) is -5.47. The minimum Gasteiger partial charge on any atom is -0.462 e. The number of aromatic nitrogens is 3. The SMILES string of the molecule is CC([C@H](N)C(=O)OC[C@H]1O[C@@H](n2c(=O)sc3c(=O)[nH]c(N)nc32)[C@H](O)[C@@H]1O)C(C)(C)C. The largest absolute Gasteiger partial charge is 0.462 e. The number of carbonyl (C=O) groups is 1. The van der Waals surface area contributed by atoms with Gasteiger partial charge < -0.3 is 31.2 Å². The molecule has 3 heterocycles. The first-order chi connectivity index (χ1) is 14.3. The zero-order chi connectivity index (χ0) is 23.2. The first-order valence-corrected chi connectivity index (χ1v) is 10.5. The molecule has 2 aromatic rings. The molecule has 1 aliphatic heterocycles. The van der Waals surface area contributed by atoms with Gasteiger partial charge in [-0.15, -0.1) is 0 Å². The highest BCUT2D eigenvalue weighted by Gasteiger charge is 2.46. The number of hydrogen-bond donors (Lipinski definition) is 5. The van der Waals surface area contributed by atoms with Crippen molar-refractivity contribution in [1.29, 1.82) is 0 Å². The van der Waals surface area contributed by atoms with Crippen LogP contribution in [0.25, 0.3) is 10.3 Å². The Kier molecular flexibility index (Phi) is 6.26. The summed E-state index contributed by atoms with van der Waals surface area (Å²) in [5, 5.41) is 20.8. The van der Waals surface area contributed by atoms with Gasteiger partial charge in [0.2, 0.25) is 5.95 Å². The maximum Gasteiger partial charge on any atom is 0.323 e. The molecule has 0 aromatic carbocycles. The summed E-state index contributed by atoms with van der Waals surface area (Å²) in [5.41, 5.74) is 10.6. The Labute approximate surface area is 180 Å². The lowest BCUT2D eigenvalue weighted by Crippen LogP contribution is -2.44.